The predicted octanol–water partition coefficient (Wildman–Crippen LogP) is 2.29. The van der Waals surface area contributed by atoms with Crippen LogP contribution in [-0.4, -0.2) is 12.7 Å². The van der Waals surface area contributed by atoms with Crippen LogP contribution in [0, 0.1) is 0 Å². The third-order valence-corrected chi connectivity index (χ3v) is 1.83. The van der Waals surface area contributed by atoms with Crippen molar-refractivity contribution >= 4 is 0 Å². The Kier molecular flexibility index (Phi) is 2.93. The molecule has 0 amide bonds. The lowest BCUT2D eigenvalue weighted by Crippen LogP contribution is -2.27. The van der Waals surface area contributed by atoms with E-state index in [-0.39, 0.29) is 5.56 Å². The second kappa shape index (κ2) is 3.79. The van der Waals surface area contributed by atoms with Crippen LogP contribution in [0.1, 0.15) is 11.5 Å². The molecule has 0 aliphatic carbocycles. The molecule has 1 rings (SSSR count). The van der Waals surface area contributed by atoms with E-state index in [4.69, 9.17) is 5.73 Å². The Bertz CT molecular complexity index is 255. The molecular weight excluding hydrogens is 179 g/mol. The van der Waals surface area contributed by atoms with Crippen molar-refractivity contribution in [3.05, 3.63) is 35.9 Å². The Balaban J connectivity index is 2.92. The lowest BCUT2D eigenvalue weighted by atomic mass is 9.99. The molecule has 1 nitrogen and oxygen atoms in total. The Morgan fingerprint density at radius 1 is 1.15 bits per heavy atom. The molecule has 0 bridgehead atoms. The maximum absolute atomic E-state index is 12.3. The summed E-state index contributed by atoms with van der Waals surface area (Å²) in [6.07, 6.45) is -4.25. The van der Waals surface area contributed by atoms with E-state index in [2.05, 4.69) is 0 Å². The predicted molar refractivity (Wildman–Crippen MR) is 44.3 cm³/mol. The zero-order valence-electron chi connectivity index (χ0n) is 6.88. The maximum atomic E-state index is 12.3. The molecule has 0 aliphatic rings. The summed E-state index contributed by atoms with van der Waals surface area (Å²) >= 11 is 0. The van der Waals surface area contributed by atoms with Gasteiger partial charge in [-0.3, -0.25) is 0 Å². The van der Waals surface area contributed by atoms with Crippen molar-refractivity contribution in [2.24, 2.45) is 5.73 Å². The summed E-state index contributed by atoms with van der Waals surface area (Å²) in [5, 5.41) is 0. The zero-order chi connectivity index (χ0) is 9.90. The Morgan fingerprint density at radius 2 is 1.69 bits per heavy atom. The third kappa shape index (κ3) is 2.45. The van der Waals surface area contributed by atoms with Gasteiger partial charge in [-0.25, -0.2) is 0 Å². The van der Waals surface area contributed by atoms with Gasteiger partial charge in [0.2, 0.25) is 0 Å². The van der Waals surface area contributed by atoms with Gasteiger partial charge in [0.25, 0.3) is 0 Å². The summed E-state index contributed by atoms with van der Waals surface area (Å²) in [7, 11) is 0. The number of rotatable bonds is 2. The van der Waals surface area contributed by atoms with Gasteiger partial charge in [-0.15, -0.1) is 0 Å². The van der Waals surface area contributed by atoms with Gasteiger partial charge in [-0.2, -0.15) is 13.2 Å². The smallest absolute Gasteiger partial charge is 0.330 e. The quantitative estimate of drug-likeness (QED) is 0.758. The summed E-state index contributed by atoms with van der Waals surface area (Å²) in [6.45, 7) is -0.409. The van der Waals surface area contributed by atoms with E-state index in [9.17, 15) is 13.2 Å². The molecule has 1 atom stereocenters. The first kappa shape index (κ1) is 10.1. The number of alkyl halides is 3. The van der Waals surface area contributed by atoms with Gasteiger partial charge in [0.1, 0.15) is 0 Å². The van der Waals surface area contributed by atoms with Crippen LogP contribution in [0.15, 0.2) is 30.3 Å². The Labute approximate surface area is 74.4 Å². The van der Waals surface area contributed by atoms with Crippen LogP contribution < -0.4 is 5.73 Å². The van der Waals surface area contributed by atoms with Crippen LogP contribution in [0.3, 0.4) is 0 Å². The first-order chi connectivity index (χ1) is 6.05. The normalized spacial score (nSPS) is 14.2. The molecule has 0 fully saturated rings. The van der Waals surface area contributed by atoms with Crippen LogP contribution in [0.2, 0.25) is 0 Å². The van der Waals surface area contributed by atoms with E-state index >= 15 is 0 Å². The van der Waals surface area contributed by atoms with Crippen molar-refractivity contribution in [1.29, 1.82) is 0 Å². The second-order valence-electron chi connectivity index (χ2n) is 2.74. The standard InChI is InChI=1S/C9H10F3N/c10-9(11,12)8(6-13)7-4-2-1-3-5-7/h1-5,8H,6,13H2/t8-/m1/s1. The second-order valence-corrected chi connectivity index (χ2v) is 2.74. The van der Waals surface area contributed by atoms with Gasteiger partial charge in [-0.05, 0) is 5.56 Å². The van der Waals surface area contributed by atoms with Crippen LogP contribution in [-0.2, 0) is 0 Å². The van der Waals surface area contributed by atoms with Gasteiger partial charge < -0.3 is 5.73 Å². The molecule has 0 saturated carbocycles. The largest absolute Gasteiger partial charge is 0.396 e. The molecule has 0 heterocycles. The van der Waals surface area contributed by atoms with Crippen molar-refractivity contribution in [3.8, 4) is 0 Å². The Hall–Kier alpha value is -1.03. The van der Waals surface area contributed by atoms with Crippen LogP contribution in [0.25, 0.3) is 0 Å². The van der Waals surface area contributed by atoms with E-state index in [0.29, 0.717) is 0 Å². The minimum Gasteiger partial charge on any atom is -0.330 e. The maximum Gasteiger partial charge on any atom is 0.396 e. The highest BCUT2D eigenvalue weighted by atomic mass is 19.4. The molecule has 13 heavy (non-hydrogen) atoms. The first-order valence-corrected chi connectivity index (χ1v) is 3.87. The van der Waals surface area contributed by atoms with E-state index in [1.54, 1.807) is 18.2 Å². The average molecular weight is 189 g/mol. The topological polar surface area (TPSA) is 26.0 Å². The summed E-state index contributed by atoms with van der Waals surface area (Å²) in [5.74, 6) is -1.55. The van der Waals surface area contributed by atoms with Gasteiger partial charge in [0.05, 0.1) is 5.92 Å². The highest BCUT2D eigenvalue weighted by molar-refractivity contribution is 5.21. The molecule has 72 valence electrons. The minimum absolute atomic E-state index is 0.220. The minimum atomic E-state index is -4.25. The molecule has 2 N–H and O–H groups in total. The molecular formula is C9H10F3N. The van der Waals surface area contributed by atoms with E-state index in [0.717, 1.165) is 0 Å². The lowest BCUT2D eigenvalue weighted by molar-refractivity contribution is -0.148. The molecule has 1 aromatic carbocycles. The fourth-order valence-corrected chi connectivity index (χ4v) is 1.14. The van der Waals surface area contributed by atoms with Crippen molar-refractivity contribution in [2.75, 3.05) is 6.54 Å². The summed E-state index contributed by atoms with van der Waals surface area (Å²) in [6, 6.07) is 7.69. The molecule has 0 spiro atoms. The van der Waals surface area contributed by atoms with Crippen molar-refractivity contribution in [2.45, 2.75) is 12.1 Å². The number of nitrogens with two attached hydrogens (primary N) is 1. The average Bonchev–Trinajstić information content (AvgIpc) is 2.05. The number of halogens is 3. The number of hydrogen-bond donors (Lipinski definition) is 1. The molecule has 0 saturated heterocycles. The van der Waals surface area contributed by atoms with Crippen molar-refractivity contribution in [3.63, 3.8) is 0 Å². The van der Waals surface area contributed by atoms with Crippen LogP contribution in [0.4, 0.5) is 13.2 Å². The zero-order valence-corrected chi connectivity index (χ0v) is 6.88. The van der Waals surface area contributed by atoms with Crippen LogP contribution >= 0.6 is 0 Å². The number of benzene rings is 1. The Morgan fingerprint density at radius 3 is 2.08 bits per heavy atom. The fraction of sp³-hybridized carbons (Fsp3) is 0.333. The summed E-state index contributed by atoms with van der Waals surface area (Å²) in [5.41, 5.74) is 5.29. The van der Waals surface area contributed by atoms with Gasteiger partial charge in [0.15, 0.2) is 0 Å². The SMILES string of the molecule is NC[C@H](c1ccccc1)C(F)(F)F. The fourth-order valence-electron chi connectivity index (χ4n) is 1.14. The molecule has 0 radical (unpaired) electrons. The van der Waals surface area contributed by atoms with E-state index in [1.165, 1.54) is 12.1 Å². The molecule has 1 aromatic rings. The molecule has 0 aromatic heterocycles. The summed E-state index contributed by atoms with van der Waals surface area (Å²) < 4.78 is 37.0. The van der Waals surface area contributed by atoms with Gasteiger partial charge >= 0.3 is 6.18 Å². The van der Waals surface area contributed by atoms with Crippen molar-refractivity contribution in [1.82, 2.24) is 0 Å². The van der Waals surface area contributed by atoms with Gasteiger partial charge in [0, 0.05) is 6.54 Å². The highest BCUT2D eigenvalue weighted by Gasteiger charge is 2.39. The van der Waals surface area contributed by atoms with Gasteiger partial charge in [-0.1, -0.05) is 30.3 Å². The summed E-state index contributed by atoms with van der Waals surface area (Å²) in [4.78, 5) is 0. The molecule has 0 unspecified atom stereocenters. The first-order valence-electron chi connectivity index (χ1n) is 3.87. The highest BCUT2D eigenvalue weighted by Crippen LogP contribution is 2.33. The monoisotopic (exact) mass is 189 g/mol. The van der Waals surface area contributed by atoms with Crippen molar-refractivity contribution < 1.29 is 13.2 Å². The third-order valence-electron chi connectivity index (χ3n) is 1.83. The molecule has 0 aliphatic heterocycles. The van der Waals surface area contributed by atoms with Crippen LogP contribution in [0.5, 0.6) is 0 Å². The van der Waals surface area contributed by atoms with E-state index in [1.807, 2.05) is 0 Å². The number of hydrogen-bond acceptors (Lipinski definition) is 1. The lowest BCUT2D eigenvalue weighted by Gasteiger charge is -2.18. The van der Waals surface area contributed by atoms with E-state index < -0.39 is 18.6 Å². The molecule has 4 heteroatoms.